The van der Waals surface area contributed by atoms with E-state index < -0.39 is 0 Å². The van der Waals surface area contributed by atoms with Gasteiger partial charge in [-0.05, 0) is 79.6 Å². The van der Waals surface area contributed by atoms with Gasteiger partial charge in [0.1, 0.15) is 11.6 Å². The molecule has 0 spiro atoms. The van der Waals surface area contributed by atoms with Gasteiger partial charge in [0.25, 0.3) is 0 Å². The molecule has 0 amide bonds. The monoisotopic (exact) mass is 527 g/mol. The van der Waals surface area contributed by atoms with Crippen LogP contribution in [0.4, 0.5) is 21.8 Å². The van der Waals surface area contributed by atoms with E-state index in [2.05, 4.69) is 41.8 Å². The Morgan fingerprint density at radius 2 is 1.53 bits per heavy atom. The summed E-state index contributed by atoms with van der Waals surface area (Å²) in [5, 5.41) is 5.99. The van der Waals surface area contributed by atoms with Gasteiger partial charge in [-0.2, -0.15) is 4.98 Å². The number of piperazine rings is 1. The van der Waals surface area contributed by atoms with E-state index in [1.54, 1.807) is 28.9 Å². The molecule has 0 aliphatic carbocycles. The van der Waals surface area contributed by atoms with Gasteiger partial charge in [0.2, 0.25) is 5.95 Å². The molecule has 0 atom stereocenters. The third kappa shape index (κ3) is 4.31. The molecule has 6 rings (SSSR count). The smallest absolute Gasteiger partial charge is 0.228 e. The number of anilines is 3. The summed E-state index contributed by atoms with van der Waals surface area (Å²) >= 11 is 6.09. The van der Waals surface area contributed by atoms with Crippen LogP contribution in [0.25, 0.3) is 28.0 Å². The number of halogens is 2. The highest BCUT2D eigenvalue weighted by Crippen LogP contribution is 2.34. The Kier molecular flexibility index (Phi) is 6.12. The number of nitrogens with zero attached hydrogens (tertiary/aromatic N) is 6. The van der Waals surface area contributed by atoms with Gasteiger partial charge in [0.05, 0.1) is 16.8 Å². The van der Waals surface area contributed by atoms with E-state index in [0.29, 0.717) is 33.5 Å². The average molecular weight is 528 g/mol. The van der Waals surface area contributed by atoms with Crippen LogP contribution in [0.2, 0.25) is 5.02 Å². The number of aryl methyl sites for hydroxylation is 1. The third-order valence-electron chi connectivity index (χ3n) is 7.23. The van der Waals surface area contributed by atoms with Gasteiger partial charge >= 0.3 is 0 Å². The van der Waals surface area contributed by atoms with E-state index in [-0.39, 0.29) is 5.82 Å². The van der Waals surface area contributed by atoms with Gasteiger partial charge in [-0.25, -0.2) is 14.1 Å². The lowest BCUT2D eigenvalue weighted by Gasteiger charge is -2.37. The van der Waals surface area contributed by atoms with Crippen LogP contribution in [0.3, 0.4) is 0 Å². The van der Waals surface area contributed by atoms with E-state index in [1.807, 2.05) is 12.1 Å². The molecule has 0 radical (unpaired) electrons. The van der Waals surface area contributed by atoms with Crippen LogP contribution in [-0.4, -0.2) is 45.9 Å². The SMILES string of the molecule is Cc1cccc(N2CCN(c3nc(-c4ccc(F)cc4)c4c(N)n(-c5ccc(Cl)cc5)nc4n3)CC2)c1C. The fourth-order valence-electron chi connectivity index (χ4n) is 4.96. The first-order chi connectivity index (χ1) is 18.4. The van der Waals surface area contributed by atoms with Crippen LogP contribution in [0.1, 0.15) is 11.1 Å². The first-order valence-corrected chi connectivity index (χ1v) is 12.9. The normalized spacial score (nSPS) is 13.9. The van der Waals surface area contributed by atoms with Gasteiger partial charge in [0, 0.05) is 42.5 Å². The molecule has 0 unspecified atom stereocenters. The second-order valence-corrected chi connectivity index (χ2v) is 9.98. The molecule has 192 valence electrons. The fraction of sp³-hybridized carbons (Fsp3) is 0.207. The number of nitrogen functional groups attached to an aromatic ring is 1. The van der Waals surface area contributed by atoms with Crippen molar-refractivity contribution < 1.29 is 4.39 Å². The topological polar surface area (TPSA) is 76.1 Å². The molecular weight excluding hydrogens is 501 g/mol. The second-order valence-electron chi connectivity index (χ2n) is 9.54. The first-order valence-electron chi connectivity index (χ1n) is 12.5. The maximum Gasteiger partial charge on any atom is 0.228 e. The summed E-state index contributed by atoms with van der Waals surface area (Å²) in [4.78, 5) is 14.4. The van der Waals surface area contributed by atoms with E-state index >= 15 is 0 Å². The Bertz CT molecular complexity index is 1620. The van der Waals surface area contributed by atoms with Crippen molar-refractivity contribution in [2.45, 2.75) is 13.8 Å². The molecule has 3 aromatic carbocycles. The number of aromatic nitrogens is 4. The highest BCUT2D eigenvalue weighted by molar-refractivity contribution is 6.30. The van der Waals surface area contributed by atoms with Crippen LogP contribution in [0, 0.1) is 19.7 Å². The Hall–Kier alpha value is -4.17. The Balaban J connectivity index is 1.40. The minimum atomic E-state index is -0.313. The lowest BCUT2D eigenvalue weighted by molar-refractivity contribution is 0.628. The van der Waals surface area contributed by atoms with Gasteiger partial charge < -0.3 is 15.5 Å². The molecule has 3 heterocycles. The van der Waals surface area contributed by atoms with Crippen molar-refractivity contribution in [3.8, 4) is 16.9 Å². The number of hydrogen-bond acceptors (Lipinski definition) is 6. The molecule has 1 aliphatic rings. The summed E-state index contributed by atoms with van der Waals surface area (Å²) in [5.74, 6) is 0.679. The number of benzene rings is 3. The Morgan fingerprint density at radius 1 is 0.842 bits per heavy atom. The zero-order valence-electron chi connectivity index (χ0n) is 21.2. The maximum absolute atomic E-state index is 13.8. The number of rotatable bonds is 4. The van der Waals surface area contributed by atoms with Crippen LogP contribution in [-0.2, 0) is 0 Å². The molecule has 2 aromatic heterocycles. The molecule has 5 aromatic rings. The van der Waals surface area contributed by atoms with Gasteiger partial charge in [-0.3, -0.25) is 0 Å². The lowest BCUT2D eigenvalue weighted by atomic mass is 10.1. The molecular formula is C29H27ClFN7. The molecule has 7 nitrogen and oxygen atoms in total. The lowest BCUT2D eigenvalue weighted by Crippen LogP contribution is -2.47. The summed E-state index contributed by atoms with van der Waals surface area (Å²) in [5.41, 5.74) is 13.1. The van der Waals surface area contributed by atoms with E-state index in [0.717, 1.165) is 37.4 Å². The van der Waals surface area contributed by atoms with Crippen molar-refractivity contribution in [1.82, 2.24) is 19.7 Å². The Morgan fingerprint density at radius 3 is 2.24 bits per heavy atom. The molecule has 0 saturated carbocycles. The standard InChI is InChI=1S/C29H27ClFN7/c1-18-4-3-5-24(19(18)2)36-14-16-37(17-15-36)29-33-26(20-6-10-22(31)11-7-20)25-27(32)38(35-28(25)34-29)23-12-8-21(30)9-13-23/h3-13H,14-17,32H2,1-2H3. The van der Waals surface area contributed by atoms with Crippen molar-refractivity contribution in [2.24, 2.45) is 0 Å². The summed E-state index contributed by atoms with van der Waals surface area (Å²) in [6.07, 6.45) is 0. The average Bonchev–Trinajstić information content (AvgIpc) is 3.27. The Labute approximate surface area is 225 Å². The number of nitrogens with two attached hydrogens (primary N) is 1. The minimum Gasteiger partial charge on any atom is -0.383 e. The molecule has 9 heteroatoms. The predicted octanol–water partition coefficient (Wildman–Crippen LogP) is 5.80. The predicted molar refractivity (Wildman–Crippen MR) is 152 cm³/mol. The maximum atomic E-state index is 13.8. The fourth-order valence-corrected chi connectivity index (χ4v) is 5.09. The molecule has 38 heavy (non-hydrogen) atoms. The highest BCUT2D eigenvalue weighted by Gasteiger charge is 2.25. The molecule has 0 bridgehead atoms. The largest absolute Gasteiger partial charge is 0.383 e. The molecule has 1 saturated heterocycles. The minimum absolute atomic E-state index is 0.313. The zero-order valence-corrected chi connectivity index (χ0v) is 22.0. The van der Waals surface area contributed by atoms with Crippen LogP contribution in [0.15, 0.2) is 66.7 Å². The van der Waals surface area contributed by atoms with Crippen molar-refractivity contribution in [3.05, 3.63) is 88.7 Å². The first kappa shape index (κ1) is 24.2. The molecule has 1 aliphatic heterocycles. The molecule has 2 N–H and O–H groups in total. The van der Waals surface area contributed by atoms with E-state index in [1.165, 1.54) is 28.9 Å². The van der Waals surface area contributed by atoms with E-state index in [4.69, 9.17) is 32.4 Å². The zero-order chi connectivity index (χ0) is 26.4. The number of hydrogen-bond donors (Lipinski definition) is 1. The van der Waals surface area contributed by atoms with Crippen molar-refractivity contribution >= 4 is 40.1 Å². The van der Waals surface area contributed by atoms with Crippen molar-refractivity contribution in [1.29, 1.82) is 0 Å². The summed E-state index contributed by atoms with van der Waals surface area (Å²) < 4.78 is 15.4. The van der Waals surface area contributed by atoms with Gasteiger partial charge in [-0.1, -0.05) is 23.7 Å². The van der Waals surface area contributed by atoms with Crippen LogP contribution in [0.5, 0.6) is 0 Å². The van der Waals surface area contributed by atoms with E-state index in [9.17, 15) is 4.39 Å². The molecule has 1 fully saturated rings. The third-order valence-corrected chi connectivity index (χ3v) is 7.48. The quantitative estimate of drug-likeness (QED) is 0.318. The summed E-state index contributed by atoms with van der Waals surface area (Å²) in [6.45, 7) is 7.52. The number of fused-ring (bicyclic) bond motifs is 1. The van der Waals surface area contributed by atoms with Crippen molar-refractivity contribution in [3.63, 3.8) is 0 Å². The highest BCUT2D eigenvalue weighted by atomic mass is 35.5. The summed E-state index contributed by atoms with van der Waals surface area (Å²) in [6, 6.07) is 20.0. The van der Waals surface area contributed by atoms with Gasteiger partial charge in [0.15, 0.2) is 5.65 Å². The van der Waals surface area contributed by atoms with Crippen LogP contribution >= 0.6 is 11.6 Å². The summed E-state index contributed by atoms with van der Waals surface area (Å²) in [7, 11) is 0. The van der Waals surface area contributed by atoms with Crippen LogP contribution < -0.4 is 15.5 Å². The van der Waals surface area contributed by atoms with Crippen molar-refractivity contribution in [2.75, 3.05) is 41.7 Å². The van der Waals surface area contributed by atoms with Gasteiger partial charge in [-0.15, -0.1) is 5.10 Å². The second kappa shape index (κ2) is 9.61.